The minimum Gasteiger partial charge on any atom is -0.494 e. The lowest BCUT2D eigenvalue weighted by molar-refractivity contribution is -0.114. The maximum absolute atomic E-state index is 12.9. The van der Waals surface area contributed by atoms with Gasteiger partial charge in [0.2, 0.25) is 5.91 Å². The fraction of sp³-hybridized carbons (Fsp3) is 0.174. The van der Waals surface area contributed by atoms with Crippen LogP contribution >= 0.6 is 0 Å². The molecule has 0 heterocycles. The summed E-state index contributed by atoms with van der Waals surface area (Å²) in [6, 6.07) is 23.5. The summed E-state index contributed by atoms with van der Waals surface area (Å²) in [7, 11) is 0. The van der Waals surface area contributed by atoms with Crippen LogP contribution in [-0.2, 0) is 11.2 Å². The van der Waals surface area contributed by atoms with Crippen LogP contribution in [0.5, 0.6) is 5.75 Å². The van der Waals surface area contributed by atoms with Gasteiger partial charge < -0.3 is 15.4 Å². The zero-order valence-electron chi connectivity index (χ0n) is 15.5. The second-order valence-electron chi connectivity index (χ2n) is 6.37. The topological polar surface area (TPSA) is 50.4 Å². The number of aryl methyl sites for hydroxylation is 1. The fourth-order valence-corrected chi connectivity index (χ4v) is 2.73. The van der Waals surface area contributed by atoms with Crippen molar-refractivity contribution < 1.29 is 13.9 Å². The van der Waals surface area contributed by atoms with Crippen LogP contribution in [0.2, 0.25) is 0 Å². The molecule has 0 aliphatic heterocycles. The molecule has 0 saturated heterocycles. The van der Waals surface area contributed by atoms with Crippen molar-refractivity contribution in [3.05, 3.63) is 90.2 Å². The number of benzene rings is 3. The van der Waals surface area contributed by atoms with Gasteiger partial charge in [0.25, 0.3) is 0 Å². The first-order valence-electron chi connectivity index (χ1n) is 9.25. The lowest BCUT2D eigenvalue weighted by Gasteiger charge is -2.10. The van der Waals surface area contributed by atoms with Crippen molar-refractivity contribution in [3.63, 3.8) is 0 Å². The Bertz CT molecular complexity index is 883. The summed E-state index contributed by atoms with van der Waals surface area (Å²) < 4.78 is 18.7. The number of carbonyl (C=O) groups is 1. The normalized spacial score (nSPS) is 10.3. The first-order valence-corrected chi connectivity index (χ1v) is 9.25. The third kappa shape index (κ3) is 6.43. The monoisotopic (exact) mass is 378 g/mol. The van der Waals surface area contributed by atoms with Gasteiger partial charge in [0.15, 0.2) is 0 Å². The summed E-state index contributed by atoms with van der Waals surface area (Å²) in [5.74, 6) is 0.217. The molecular weight excluding hydrogens is 355 g/mol. The number of carbonyl (C=O) groups excluding carboxylic acids is 1. The van der Waals surface area contributed by atoms with Gasteiger partial charge in [-0.2, -0.15) is 0 Å². The lowest BCUT2D eigenvalue weighted by Crippen LogP contribution is -2.21. The maximum atomic E-state index is 12.9. The van der Waals surface area contributed by atoms with Crippen molar-refractivity contribution in [2.24, 2.45) is 0 Å². The Hall–Kier alpha value is -3.34. The summed E-state index contributed by atoms with van der Waals surface area (Å²) in [5, 5.41) is 5.78. The maximum Gasteiger partial charge on any atom is 0.243 e. The Balaban J connectivity index is 1.41. The highest BCUT2D eigenvalue weighted by atomic mass is 19.1. The fourth-order valence-electron chi connectivity index (χ4n) is 2.73. The van der Waals surface area contributed by atoms with E-state index in [4.69, 9.17) is 4.74 Å². The van der Waals surface area contributed by atoms with E-state index < -0.39 is 0 Å². The molecule has 0 unspecified atom stereocenters. The number of hydrogen-bond donors (Lipinski definition) is 2. The molecule has 0 aromatic heterocycles. The van der Waals surface area contributed by atoms with Gasteiger partial charge in [-0.25, -0.2) is 4.39 Å². The van der Waals surface area contributed by atoms with Crippen molar-refractivity contribution in [1.82, 2.24) is 0 Å². The molecule has 4 nitrogen and oxygen atoms in total. The van der Waals surface area contributed by atoms with Crippen LogP contribution in [-0.4, -0.2) is 19.1 Å². The zero-order valence-corrected chi connectivity index (χ0v) is 15.5. The number of anilines is 2. The van der Waals surface area contributed by atoms with Gasteiger partial charge in [0.1, 0.15) is 11.6 Å². The van der Waals surface area contributed by atoms with Crippen molar-refractivity contribution in [2.45, 2.75) is 12.8 Å². The van der Waals surface area contributed by atoms with E-state index in [1.54, 1.807) is 0 Å². The van der Waals surface area contributed by atoms with Crippen LogP contribution in [0.3, 0.4) is 0 Å². The van der Waals surface area contributed by atoms with Gasteiger partial charge in [-0.05, 0) is 54.8 Å². The van der Waals surface area contributed by atoms with Crippen LogP contribution in [0.15, 0.2) is 78.9 Å². The predicted octanol–water partition coefficient (Wildman–Crippen LogP) is 4.89. The van der Waals surface area contributed by atoms with Gasteiger partial charge in [-0.15, -0.1) is 0 Å². The average Bonchev–Trinajstić information content (AvgIpc) is 2.73. The Morgan fingerprint density at radius 2 is 1.68 bits per heavy atom. The molecule has 144 valence electrons. The molecule has 0 aliphatic rings. The van der Waals surface area contributed by atoms with Crippen LogP contribution in [0, 0.1) is 5.82 Å². The van der Waals surface area contributed by atoms with Crippen LogP contribution < -0.4 is 15.4 Å². The average molecular weight is 378 g/mol. The SMILES string of the molecule is O=C(CNc1cccc(OCCCc2ccccc2)c1)Nc1ccc(F)cc1. The number of ether oxygens (including phenoxy) is 1. The number of nitrogens with one attached hydrogen (secondary N) is 2. The highest BCUT2D eigenvalue weighted by molar-refractivity contribution is 5.93. The summed E-state index contributed by atoms with van der Waals surface area (Å²) >= 11 is 0. The van der Waals surface area contributed by atoms with Gasteiger partial charge in [0, 0.05) is 17.4 Å². The molecule has 0 saturated carbocycles. The van der Waals surface area contributed by atoms with E-state index >= 15 is 0 Å². The molecule has 3 aromatic rings. The van der Waals surface area contributed by atoms with Crippen molar-refractivity contribution in [1.29, 1.82) is 0 Å². The van der Waals surface area contributed by atoms with E-state index in [2.05, 4.69) is 22.8 Å². The molecule has 1 amide bonds. The summed E-state index contributed by atoms with van der Waals surface area (Å²) in [4.78, 5) is 12.0. The quantitative estimate of drug-likeness (QED) is 0.521. The summed E-state index contributed by atoms with van der Waals surface area (Å²) in [6.07, 6.45) is 1.91. The molecular formula is C23H23FN2O2. The number of halogens is 1. The Morgan fingerprint density at radius 1 is 0.893 bits per heavy atom. The molecule has 0 fully saturated rings. The Kier molecular flexibility index (Phi) is 7.01. The highest BCUT2D eigenvalue weighted by Gasteiger charge is 2.04. The minimum absolute atomic E-state index is 0.106. The van der Waals surface area contributed by atoms with Crippen molar-refractivity contribution in [2.75, 3.05) is 23.8 Å². The predicted molar refractivity (Wildman–Crippen MR) is 110 cm³/mol. The summed E-state index contributed by atoms with van der Waals surface area (Å²) in [6.45, 7) is 0.734. The summed E-state index contributed by atoms with van der Waals surface area (Å²) in [5.41, 5.74) is 2.66. The molecule has 5 heteroatoms. The van der Waals surface area contributed by atoms with E-state index in [1.807, 2.05) is 42.5 Å². The van der Waals surface area contributed by atoms with E-state index in [9.17, 15) is 9.18 Å². The molecule has 28 heavy (non-hydrogen) atoms. The number of hydrogen-bond acceptors (Lipinski definition) is 3. The third-order valence-electron chi connectivity index (χ3n) is 4.14. The van der Waals surface area contributed by atoms with Crippen LogP contribution in [0.4, 0.5) is 15.8 Å². The van der Waals surface area contributed by atoms with Crippen molar-refractivity contribution in [3.8, 4) is 5.75 Å². The Morgan fingerprint density at radius 3 is 2.46 bits per heavy atom. The largest absolute Gasteiger partial charge is 0.494 e. The third-order valence-corrected chi connectivity index (χ3v) is 4.14. The van der Waals surface area contributed by atoms with Crippen LogP contribution in [0.25, 0.3) is 0 Å². The second-order valence-corrected chi connectivity index (χ2v) is 6.37. The number of rotatable bonds is 9. The first kappa shape index (κ1) is 19.4. The minimum atomic E-state index is -0.336. The second kappa shape index (κ2) is 10.1. The van der Waals surface area contributed by atoms with E-state index in [0.29, 0.717) is 12.3 Å². The molecule has 0 aliphatic carbocycles. The van der Waals surface area contributed by atoms with E-state index in [0.717, 1.165) is 24.3 Å². The smallest absolute Gasteiger partial charge is 0.243 e. The first-order chi connectivity index (χ1) is 13.7. The van der Waals surface area contributed by atoms with Gasteiger partial charge in [0.05, 0.1) is 13.2 Å². The molecule has 0 bridgehead atoms. The zero-order chi connectivity index (χ0) is 19.6. The van der Waals surface area contributed by atoms with Gasteiger partial charge in [-0.3, -0.25) is 4.79 Å². The van der Waals surface area contributed by atoms with Gasteiger partial charge >= 0.3 is 0 Å². The van der Waals surface area contributed by atoms with E-state index in [-0.39, 0.29) is 18.3 Å². The molecule has 3 aromatic carbocycles. The molecule has 0 spiro atoms. The van der Waals surface area contributed by atoms with Crippen LogP contribution in [0.1, 0.15) is 12.0 Å². The van der Waals surface area contributed by atoms with Crippen molar-refractivity contribution >= 4 is 17.3 Å². The lowest BCUT2D eigenvalue weighted by atomic mass is 10.1. The number of amides is 1. The standard InChI is InChI=1S/C23H23FN2O2/c24-19-11-13-20(14-12-19)26-23(27)17-25-21-9-4-10-22(16-21)28-15-5-8-18-6-2-1-3-7-18/h1-4,6-7,9-14,16,25H,5,8,15,17H2,(H,26,27). The van der Waals surface area contributed by atoms with E-state index in [1.165, 1.54) is 29.8 Å². The highest BCUT2D eigenvalue weighted by Crippen LogP contribution is 2.18. The Labute approximate surface area is 164 Å². The molecule has 0 atom stereocenters. The molecule has 0 radical (unpaired) electrons. The van der Waals surface area contributed by atoms with Gasteiger partial charge in [-0.1, -0.05) is 36.4 Å². The molecule has 2 N–H and O–H groups in total. The molecule has 3 rings (SSSR count).